The van der Waals surface area contributed by atoms with Gasteiger partial charge in [-0.25, -0.2) is 0 Å². The Labute approximate surface area is 91.7 Å². The zero-order valence-electron chi connectivity index (χ0n) is 8.45. The summed E-state index contributed by atoms with van der Waals surface area (Å²) in [6, 6.07) is 0. The van der Waals surface area contributed by atoms with Gasteiger partial charge in [-0.2, -0.15) is 0 Å². The number of unbranched alkanes of at least 4 members (excludes halogenated alkanes) is 8. The number of rotatable bonds is 9. The summed E-state index contributed by atoms with van der Waals surface area (Å²) in [5, 5.41) is 0. The van der Waals surface area contributed by atoms with E-state index < -0.39 is 0 Å². The molecule has 0 aromatic carbocycles. The minimum Gasteiger partial charge on any atom is -0.0864 e. The Hall–Kier alpha value is 0.730. The highest BCUT2D eigenvalue weighted by molar-refractivity contribution is 14.1. The number of hydrogen-bond acceptors (Lipinski definition) is 0. The van der Waals surface area contributed by atoms with Crippen molar-refractivity contribution in [2.45, 2.75) is 64.7 Å². The molecule has 0 bridgehead atoms. The van der Waals surface area contributed by atoms with Gasteiger partial charge >= 0.3 is 0 Å². The standard InChI is InChI=1S/C11H23I/c1-2-3-4-5-6-7-8-9-10-11-12/h2-11H2,1H3. The Kier molecular flexibility index (Phi) is 12.4. The molecule has 0 spiro atoms. The lowest BCUT2D eigenvalue weighted by Crippen LogP contribution is -1.81. The summed E-state index contributed by atoms with van der Waals surface area (Å²) in [5.74, 6) is 0. The quantitative estimate of drug-likeness (QED) is 0.319. The van der Waals surface area contributed by atoms with Gasteiger partial charge in [-0.15, -0.1) is 0 Å². The van der Waals surface area contributed by atoms with Gasteiger partial charge in [0.25, 0.3) is 0 Å². The molecule has 0 atom stereocenters. The molecule has 0 N–H and O–H groups in total. The van der Waals surface area contributed by atoms with Crippen molar-refractivity contribution in [2.75, 3.05) is 4.43 Å². The topological polar surface area (TPSA) is 0 Å². The van der Waals surface area contributed by atoms with E-state index in [1.54, 1.807) is 0 Å². The van der Waals surface area contributed by atoms with E-state index in [-0.39, 0.29) is 0 Å². The fourth-order valence-electron chi connectivity index (χ4n) is 1.41. The summed E-state index contributed by atoms with van der Waals surface area (Å²) in [5.41, 5.74) is 0. The highest BCUT2D eigenvalue weighted by Crippen LogP contribution is 2.09. The maximum absolute atomic E-state index is 2.47. The van der Waals surface area contributed by atoms with E-state index in [1.165, 1.54) is 62.2 Å². The lowest BCUT2D eigenvalue weighted by atomic mass is 10.1. The van der Waals surface area contributed by atoms with Gasteiger partial charge in [0, 0.05) is 0 Å². The van der Waals surface area contributed by atoms with Gasteiger partial charge in [0.1, 0.15) is 0 Å². The van der Waals surface area contributed by atoms with Crippen molar-refractivity contribution in [1.29, 1.82) is 0 Å². The van der Waals surface area contributed by atoms with Crippen LogP contribution in [0.25, 0.3) is 0 Å². The Balaban J connectivity index is 2.73. The van der Waals surface area contributed by atoms with Gasteiger partial charge in [0.05, 0.1) is 0 Å². The average molecular weight is 282 g/mol. The summed E-state index contributed by atoms with van der Waals surface area (Å²) in [6.45, 7) is 2.28. The van der Waals surface area contributed by atoms with Crippen LogP contribution in [0.3, 0.4) is 0 Å². The fourth-order valence-corrected chi connectivity index (χ4v) is 1.94. The van der Waals surface area contributed by atoms with Crippen molar-refractivity contribution in [1.82, 2.24) is 0 Å². The van der Waals surface area contributed by atoms with Crippen LogP contribution in [0.4, 0.5) is 0 Å². The molecule has 12 heavy (non-hydrogen) atoms. The van der Waals surface area contributed by atoms with E-state index in [0.29, 0.717) is 0 Å². The lowest BCUT2D eigenvalue weighted by molar-refractivity contribution is 0.574. The van der Waals surface area contributed by atoms with Crippen molar-refractivity contribution >= 4 is 22.6 Å². The molecule has 1 heteroatoms. The zero-order chi connectivity index (χ0) is 9.07. The number of halogens is 1. The van der Waals surface area contributed by atoms with Crippen LogP contribution in [0.2, 0.25) is 0 Å². The first-order valence-corrected chi connectivity index (χ1v) is 7.00. The van der Waals surface area contributed by atoms with Crippen molar-refractivity contribution in [3.05, 3.63) is 0 Å². The van der Waals surface area contributed by atoms with Crippen LogP contribution in [0.1, 0.15) is 64.7 Å². The van der Waals surface area contributed by atoms with E-state index in [1.807, 2.05) is 0 Å². The Morgan fingerprint density at radius 1 is 0.667 bits per heavy atom. The maximum Gasteiger partial charge on any atom is -0.000473 e. The molecule has 0 saturated heterocycles. The predicted molar refractivity (Wildman–Crippen MR) is 66.1 cm³/mol. The first kappa shape index (κ1) is 12.7. The van der Waals surface area contributed by atoms with Crippen LogP contribution in [-0.2, 0) is 0 Å². The third-order valence-corrected chi connectivity index (χ3v) is 3.00. The van der Waals surface area contributed by atoms with Crippen molar-refractivity contribution in [2.24, 2.45) is 0 Å². The second-order valence-corrected chi connectivity index (χ2v) is 4.60. The maximum atomic E-state index is 2.47. The molecule has 0 aliphatic carbocycles. The van der Waals surface area contributed by atoms with Gasteiger partial charge in [0.15, 0.2) is 0 Å². The van der Waals surface area contributed by atoms with Crippen LogP contribution in [0.15, 0.2) is 0 Å². The van der Waals surface area contributed by atoms with Gasteiger partial charge in [-0.1, -0.05) is 80.9 Å². The number of alkyl halides is 1. The summed E-state index contributed by atoms with van der Waals surface area (Å²) in [6.07, 6.45) is 13.0. The van der Waals surface area contributed by atoms with Gasteiger partial charge < -0.3 is 0 Å². The Morgan fingerprint density at radius 2 is 1.08 bits per heavy atom. The smallest absolute Gasteiger partial charge is 0.000473 e. The van der Waals surface area contributed by atoms with Crippen LogP contribution in [-0.4, -0.2) is 4.43 Å². The summed E-state index contributed by atoms with van der Waals surface area (Å²) >= 11 is 2.47. The minimum absolute atomic E-state index is 1.34. The van der Waals surface area contributed by atoms with Crippen molar-refractivity contribution in [3.8, 4) is 0 Å². The normalized spacial score (nSPS) is 10.5. The monoisotopic (exact) mass is 282 g/mol. The summed E-state index contributed by atoms with van der Waals surface area (Å²) < 4.78 is 1.34. The van der Waals surface area contributed by atoms with Crippen molar-refractivity contribution < 1.29 is 0 Å². The fraction of sp³-hybridized carbons (Fsp3) is 1.00. The van der Waals surface area contributed by atoms with Crippen LogP contribution in [0, 0.1) is 0 Å². The summed E-state index contributed by atoms with van der Waals surface area (Å²) in [7, 11) is 0. The zero-order valence-corrected chi connectivity index (χ0v) is 10.6. The SMILES string of the molecule is CCCCCCCCCCCI. The minimum atomic E-state index is 1.34. The third kappa shape index (κ3) is 10.7. The highest BCUT2D eigenvalue weighted by Gasteiger charge is 1.90. The molecule has 0 nitrogen and oxygen atoms in total. The predicted octanol–water partition coefficient (Wildman–Crippen LogP) is 4.95. The van der Waals surface area contributed by atoms with Crippen molar-refractivity contribution in [3.63, 3.8) is 0 Å². The lowest BCUT2D eigenvalue weighted by Gasteiger charge is -1.99. The molecule has 0 unspecified atom stereocenters. The molecule has 0 heterocycles. The molecule has 0 aromatic heterocycles. The molecule has 74 valence electrons. The molecular weight excluding hydrogens is 259 g/mol. The molecule has 0 fully saturated rings. The van der Waals surface area contributed by atoms with Crippen LogP contribution >= 0.6 is 22.6 Å². The van der Waals surface area contributed by atoms with E-state index >= 15 is 0 Å². The molecule has 0 saturated carbocycles. The van der Waals surface area contributed by atoms with Gasteiger partial charge in [-0.05, 0) is 10.8 Å². The third-order valence-electron chi connectivity index (χ3n) is 2.24. The van der Waals surface area contributed by atoms with Crippen LogP contribution in [0.5, 0.6) is 0 Å². The van der Waals surface area contributed by atoms with Gasteiger partial charge in [0.2, 0.25) is 0 Å². The van der Waals surface area contributed by atoms with Gasteiger partial charge in [-0.3, -0.25) is 0 Å². The van der Waals surface area contributed by atoms with E-state index in [4.69, 9.17) is 0 Å². The molecule has 0 amide bonds. The Bertz CT molecular complexity index is 61.4. The average Bonchev–Trinajstić information content (AvgIpc) is 2.10. The molecule has 0 aromatic rings. The molecule has 0 aliphatic rings. The summed E-state index contributed by atoms with van der Waals surface area (Å²) in [4.78, 5) is 0. The number of hydrogen-bond donors (Lipinski definition) is 0. The molecule has 0 radical (unpaired) electrons. The van der Waals surface area contributed by atoms with Crippen LogP contribution < -0.4 is 0 Å². The largest absolute Gasteiger partial charge is 0.0864 e. The molecule has 0 rings (SSSR count). The first-order chi connectivity index (χ1) is 5.91. The first-order valence-electron chi connectivity index (χ1n) is 5.47. The van der Waals surface area contributed by atoms with E-state index in [0.717, 1.165) is 0 Å². The van der Waals surface area contributed by atoms with E-state index in [9.17, 15) is 0 Å². The second-order valence-electron chi connectivity index (χ2n) is 3.52. The highest BCUT2D eigenvalue weighted by atomic mass is 127. The molecule has 0 aliphatic heterocycles. The Morgan fingerprint density at radius 3 is 1.50 bits per heavy atom. The van der Waals surface area contributed by atoms with E-state index in [2.05, 4.69) is 29.5 Å². The molecular formula is C11H23I. The second kappa shape index (κ2) is 11.7.